The largest absolute Gasteiger partial charge is 0.493 e. The molecule has 11 nitrogen and oxygen atoms in total. The predicted octanol–water partition coefficient (Wildman–Crippen LogP) is 4.78. The maximum Gasteiger partial charge on any atom is 0.410 e. The maximum atomic E-state index is 12.4. The molecule has 12 heteroatoms. The van der Waals surface area contributed by atoms with E-state index < -0.39 is 17.7 Å². The van der Waals surface area contributed by atoms with E-state index in [1.54, 1.807) is 30.1 Å². The van der Waals surface area contributed by atoms with Crippen molar-refractivity contribution in [3.8, 4) is 5.75 Å². The Labute approximate surface area is 245 Å². The minimum Gasteiger partial charge on any atom is -0.493 e. The number of nitrogens with one attached hydrogen (secondary N) is 1. The molecule has 0 radical (unpaired) electrons. The first kappa shape index (κ1) is 32.0. The first-order chi connectivity index (χ1) is 19.3. The Balaban J connectivity index is 1.56. The second kappa shape index (κ2) is 14.4. The standard InChI is InChI=1S/C29H42N4O7S/c1-19(2)39-27(36)30-18-22-17-23(9-7-21(22)8-10-25(34)35)38-16-11-24-20(3)41-26(31-24)32-12-14-33(15-13-32)28(37)40-29(4,5)6/h7,9,17,19H,8,10-16,18H2,1-6H3,(H,30,36)(H,34,35). The van der Waals surface area contributed by atoms with Crippen molar-refractivity contribution in [1.82, 2.24) is 15.2 Å². The molecule has 2 aromatic rings. The van der Waals surface area contributed by atoms with Crippen LogP contribution in [-0.2, 0) is 33.7 Å². The molecule has 0 atom stereocenters. The number of amides is 2. The zero-order chi connectivity index (χ0) is 30.2. The third-order valence-electron chi connectivity index (χ3n) is 6.24. The van der Waals surface area contributed by atoms with Gasteiger partial charge in [-0.2, -0.15) is 0 Å². The van der Waals surface area contributed by atoms with Gasteiger partial charge >= 0.3 is 18.2 Å². The zero-order valence-corrected chi connectivity index (χ0v) is 25.6. The molecule has 2 amide bonds. The number of carbonyl (C=O) groups excluding carboxylic acids is 2. The van der Waals surface area contributed by atoms with Crippen LogP contribution in [0.25, 0.3) is 0 Å². The van der Waals surface area contributed by atoms with Gasteiger partial charge in [0.05, 0.1) is 18.4 Å². The molecule has 1 aliphatic heterocycles. The van der Waals surface area contributed by atoms with E-state index in [1.165, 1.54) is 0 Å². The van der Waals surface area contributed by atoms with Gasteiger partial charge in [-0.1, -0.05) is 6.07 Å². The maximum absolute atomic E-state index is 12.4. The van der Waals surface area contributed by atoms with Crippen LogP contribution in [-0.4, -0.2) is 77.6 Å². The minimum atomic E-state index is -0.883. The number of rotatable bonds is 11. The molecule has 0 saturated carbocycles. The average Bonchev–Trinajstić information content (AvgIpc) is 3.25. The molecule has 0 unspecified atom stereocenters. The van der Waals surface area contributed by atoms with Crippen molar-refractivity contribution in [2.45, 2.75) is 79.1 Å². The van der Waals surface area contributed by atoms with Crippen molar-refractivity contribution in [2.75, 3.05) is 37.7 Å². The van der Waals surface area contributed by atoms with Crippen molar-refractivity contribution in [3.05, 3.63) is 39.9 Å². The number of aliphatic carboxylic acids is 1. The van der Waals surface area contributed by atoms with Crippen LogP contribution in [0.2, 0.25) is 0 Å². The van der Waals surface area contributed by atoms with Crippen molar-refractivity contribution in [3.63, 3.8) is 0 Å². The molecule has 0 spiro atoms. The number of carbonyl (C=O) groups is 3. The number of piperazine rings is 1. The highest BCUT2D eigenvalue weighted by atomic mass is 32.1. The Bertz CT molecular complexity index is 1200. The summed E-state index contributed by atoms with van der Waals surface area (Å²) in [7, 11) is 0. The van der Waals surface area contributed by atoms with Crippen molar-refractivity contribution in [1.29, 1.82) is 0 Å². The SMILES string of the molecule is Cc1sc(N2CCN(C(=O)OC(C)(C)C)CC2)nc1CCOc1ccc(CCC(=O)O)c(CNC(=O)OC(C)C)c1. The van der Waals surface area contributed by atoms with Gasteiger partial charge in [-0.25, -0.2) is 14.6 Å². The lowest BCUT2D eigenvalue weighted by atomic mass is 10.0. The number of alkyl carbamates (subject to hydrolysis) is 1. The lowest BCUT2D eigenvalue weighted by Gasteiger charge is -2.35. The lowest BCUT2D eigenvalue weighted by molar-refractivity contribution is -0.136. The zero-order valence-electron chi connectivity index (χ0n) is 24.8. The summed E-state index contributed by atoms with van der Waals surface area (Å²) < 4.78 is 16.7. The van der Waals surface area contributed by atoms with Gasteiger partial charge in [-0.3, -0.25) is 4.79 Å². The minimum absolute atomic E-state index is 0.00880. The summed E-state index contributed by atoms with van der Waals surface area (Å²) in [6.07, 6.45) is -0.0991. The highest BCUT2D eigenvalue weighted by Gasteiger charge is 2.27. The Kier molecular flexibility index (Phi) is 11.2. The Morgan fingerprint density at radius 1 is 1.10 bits per heavy atom. The highest BCUT2D eigenvalue weighted by molar-refractivity contribution is 7.15. The number of thiazole rings is 1. The van der Waals surface area contributed by atoms with Gasteiger partial charge in [-0.05, 0) is 71.2 Å². The van der Waals surface area contributed by atoms with Crippen LogP contribution in [0.1, 0.15) is 62.7 Å². The summed E-state index contributed by atoms with van der Waals surface area (Å²) in [5, 5.41) is 12.8. The molecule has 2 heterocycles. The number of aromatic nitrogens is 1. The number of aryl methyl sites for hydroxylation is 2. The Hall–Kier alpha value is -3.54. The number of benzene rings is 1. The van der Waals surface area contributed by atoms with Crippen LogP contribution in [0.15, 0.2) is 18.2 Å². The van der Waals surface area contributed by atoms with Crippen LogP contribution in [0, 0.1) is 6.92 Å². The summed E-state index contributed by atoms with van der Waals surface area (Å²) >= 11 is 1.64. The van der Waals surface area contributed by atoms with Gasteiger partial charge in [0.1, 0.15) is 11.4 Å². The normalized spacial score (nSPS) is 13.7. The van der Waals surface area contributed by atoms with E-state index in [1.807, 2.05) is 45.9 Å². The van der Waals surface area contributed by atoms with Gasteiger partial charge in [0, 0.05) is 50.4 Å². The molecule has 0 bridgehead atoms. The molecule has 226 valence electrons. The summed E-state index contributed by atoms with van der Waals surface area (Å²) in [6, 6.07) is 5.49. The number of hydrogen-bond donors (Lipinski definition) is 2. The van der Waals surface area contributed by atoms with E-state index in [0.717, 1.165) is 26.8 Å². The molecule has 0 aliphatic carbocycles. The first-order valence-electron chi connectivity index (χ1n) is 13.9. The van der Waals surface area contributed by atoms with Crippen molar-refractivity contribution in [2.24, 2.45) is 0 Å². The fourth-order valence-corrected chi connectivity index (χ4v) is 5.22. The van der Waals surface area contributed by atoms with Crippen LogP contribution in [0.3, 0.4) is 0 Å². The molecule has 1 aliphatic rings. The second-order valence-corrected chi connectivity index (χ2v) is 12.4. The lowest BCUT2D eigenvalue weighted by Crippen LogP contribution is -2.50. The van der Waals surface area contributed by atoms with Gasteiger partial charge in [0.15, 0.2) is 5.13 Å². The van der Waals surface area contributed by atoms with E-state index in [9.17, 15) is 14.4 Å². The van der Waals surface area contributed by atoms with Crippen LogP contribution < -0.4 is 15.0 Å². The average molecular weight is 591 g/mol. The summed E-state index contributed by atoms with van der Waals surface area (Å²) in [5.41, 5.74) is 2.06. The second-order valence-electron chi connectivity index (χ2n) is 11.2. The smallest absolute Gasteiger partial charge is 0.410 e. The number of hydrogen-bond acceptors (Lipinski definition) is 9. The summed E-state index contributed by atoms with van der Waals surface area (Å²) in [6.45, 7) is 14.3. The van der Waals surface area contributed by atoms with Crippen molar-refractivity contribution < 1.29 is 33.7 Å². The number of carboxylic acid groups (broad SMARTS) is 1. The fraction of sp³-hybridized carbons (Fsp3) is 0.586. The van der Waals surface area contributed by atoms with E-state index in [-0.39, 0.29) is 25.2 Å². The van der Waals surface area contributed by atoms with Crippen LogP contribution in [0.4, 0.5) is 14.7 Å². The molecule has 41 heavy (non-hydrogen) atoms. The van der Waals surface area contributed by atoms with Crippen LogP contribution in [0.5, 0.6) is 5.75 Å². The van der Waals surface area contributed by atoms with E-state index in [0.29, 0.717) is 51.4 Å². The van der Waals surface area contributed by atoms with Gasteiger partial charge in [-0.15, -0.1) is 11.3 Å². The number of nitrogens with zero attached hydrogens (tertiary/aromatic N) is 3. The topological polar surface area (TPSA) is 131 Å². The first-order valence-corrected chi connectivity index (χ1v) is 14.7. The fourth-order valence-electron chi connectivity index (χ4n) is 4.22. The monoisotopic (exact) mass is 590 g/mol. The van der Waals surface area contributed by atoms with Crippen LogP contribution >= 0.6 is 11.3 Å². The predicted molar refractivity (Wildman–Crippen MR) is 157 cm³/mol. The molecule has 2 N–H and O–H groups in total. The molecule has 1 saturated heterocycles. The van der Waals surface area contributed by atoms with E-state index in [2.05, 4.69) is 10.2 Å². The van der Waals surface area contributed by atoms with Gasteiger partial charge < -0.3 is 34.4 Å². The quantitative estimate of drug-likeness (QED) is 0.380. The number of anilines is 1. The van der Waals surface area contributed by atoms with E-state index in [4.69, 9.17) is 24.3 Å². The summed E-state index contributed by atoms with van der Waals surface area (Å²) in [4.78, 5) is 45.3. The third-order valence-corrected chi connectivity index (χ3v) is 7.32. The van der Waals surface area contributed by atoms with E-state index >= 15 is 0 Å². The van der Waals surface area contributed by atoms with Gasteiger partial charge in [0.25, 0.3) is 0 Å². The molecular weight excluding hydrogens is 548 g/mol. The molecule has 1 aromatic carbocycles. The molecule has 1 aromatic heterocycles. The molecule has 3 rings (SSSR count). The summed E-state index contributed by atoms with van der Waals surface area (Å²) in [5.74, 6) is -0.254. The molecular formula is C29H42N4O7S. The van der Waals surface area contributed by atoms with Crippen molar-refractivity contribution >= 4 is 34.6 Å². The number of ether oxygens (including phenoxy) is 3. The Morgan fingerprint density at radius 3 is 2.44 bits per heavy atom. The molecule has 1 fully saturated rings. The Morgan fingerprint density at radius 2 is 1.80 bits per heavy atom. The third kappa shape index (κ3) is 10.4. The number of carboxylic acids is 1. The highest BCUT2D eigenvalue weighted by Crippen LogP contribution is 2.28. The van der Waals surface area contributed by atoms with Gasteiger partial charge in [0.2, 0.25) is 0 Å².